The Bertz CT molecular complexity index is 444. The van der Waals surface area contributed by atoms with E-state index < -0.39 is 7.12 Å². The summed E-state index contributed by atoms with van der Waals surface area (Å²) in [4.78, 5) is 0. The Kier molecular flexibility index (Phi) is 3.04. The molecule has 0 spiro atoms. The summed E-state index contributed by atoms with van der Waals surface area (Å²) in [5.41, 5.74) is 0.0484. The quantitative estimate of drug-likeness (QED) is 0.769. The molecule has 0 amide bonds. The van der Waals surface area contributed by atoms with Crippen LogP contribution in [0.2, 0.25) is 0 Å². The molecule has 1 atom stereocenters. The first-order chi connectivity index (χ1) is 8.89. The summed E-state index contributed by atoms with van der Waals surface area (Å²) in [6, 6.07) is 3.90. The number of ether oxygens (including phenoxy) is 1. The van der Waals surface area contributed by atoms with E-state index >= 15 is 0 Å². The van der Waals surface area contributed by atoms with Crippen LogP contribution in [0.4, 0.5) is 0 Å². The molecule has 0 bridgehead atoms. The first-order valence-electron chi connectivity index (χ1n) is 6.96. The van der Waals surface area contributed by atoms with Crippen LogP contribution in [0.15, 0.2) is 16.5 Å². The van der Waals surface area contributed by atoms with Crippen molar-refractivity contribution in [3.63, 3.8) is 0 Å². The highest BCUT2D eigenvalue weighted by Crippen LogP contribution is 2.37. The highest BCUT2D eigenvalue weighted by atomic mass is 16.7. The zero-order valence-corrected chi connectivity index (χ0v) is 12.1. The van der Waals surface area contributed by atoms with E-state index in [4.69, 9.17) is 18.5 Å². The maximum atomic E-state index is 5.97. The molecule has 19 heavy (non-hydrogen) atoms. The maximum Gasteiger partial charge on any atom is 0.532 e. The molecule has 1 unspecified atom stereocenters. The predicted octanol–water partition coefficient (Wildman–Crippen LogP) is 2.43. The van der Waals surface area contributed by atoms with Gasteiger partial charge in [0.05, 0.1) is 11.2 Å². The van der Waals surface area contributed by atoms with Crippen molar-refractivity contribution in [2.75, 3.05) is 6.61 Å². The Morgan fingerprint density at radius 3 is 2.37 bits per heavy atom. The lowest BCUT2D eigenvalue weighted by Gasteiger charge is -2.32. The first kappa shape index (κ1) is 13.2. The average molecular weight is 264 g/mol. The van der Waals surface area contributed by atoms with Gasteiger partial charge >= 0.3 is 7.12 Å². The second-order valence-electron chi connectivity index (χ2n) is 6.33. The summed E-state index contributed by atoms with van der Waals surface area (Å²) in [6.07, 6.45) is 2.21. The van der Waals surface area contributed by atoms with Crippen LogP contribution in [-0.2, 0) is 14.0 Å². The van der Waals surface area contributed by atoms with Gasteiger partial charge in [0.25, 0.3) is 0 Å². The normalized spacial score (nSPS) is 29.1. The van der Waals surface area contributed by atoms with Crippen LogP contribution in [0, 0.1) is 0 Å². The summed E-state index contributed by atoms with van der Waals surface area (Å²) in [5, 5.41) is 0. The summed E-state index contributed by atoms with van der Waals surface area (Å²) in [7, 11) is -0.430. The molecule has 2 aliphatic heterocycles. The predicted molar refractivity (Wildman–Crippen MR) is 72.4 cm³/mol. The third-order valence-corrected chi connectivity index (χ3v) is 4.38. The van der Waals surface area contributed by atoms with E-state index in [0.717, 1.165) is 30.9 Å². The Morgan fingerprint density at radius 2 is 1.79 bits per heavy atom. The average Bonchev–Trinajstić information content (AvgIpc) is 3.00. The lowest BCUT2D eigenvalue weighted by atomic mass is 9.86. The summed E-state index contributed by atoms with van der Waals surface area (Å²) in [6.45, 7) is 8.97. The van der Waals surface area contributed by atoms with Crippen LogP contribution >= 0.6 is 0 Å². The first-order valence-corrected chi connectivity index (χ1v) is 6.96. The van der Waals surface area contributed by atoms with Crippen molar-refractivity contribution in [1.29, 1.82) is 0 Å². The molecule has 2 aliphatic rings. The van der Waals surface area contributed by atoms with Gasteiger partial charge in [-0.3, -0.25) is 0 Å². The minimum atomic E-state index is -0.430. The zero-order chi connectivity index (χ0) is 13.7. The van der Waals surface area contributed by atoms with Gasteiger partial charge in [-0.1, -0.05) is 0 Å². The van der Waals surface area contributed by atoms with E-state index in [1.165, 1.54) is 0 Å². The van der Waals surface area contributed by atoms with Crippen LogP contribution in [0.3, 0.4) is 0 Å². The Labute approximate surface area is 114 Å². The number of rotatable bonds is 2. The zero-order valence-electron chi connectivity index (χ0n) is 12.1. The van der Waals surface area contributed by atoms with Crippen molar-refractivity contribution in [1.82, 2.24) is 0 Å². The highest BCUT2D eigenvalue weighted by Gasteiger charge is 2.53. The highest BCUT2D eigenvalue weighted by molar-refractivity contribution is 6.60. The van der Waals surface area contributed by atoms with Crippen molar-refractivity contribution in [3.8, 4) is 0 Å². The molecule has 3 rings (SSSR count). The van der Waals surface area contributed by atoms with E-state index in [2.05, 4.69) is 0 Å². The standard InChI is InChI=1S/C14H21BO4/c1-13(2)14(3,4)19-15(18-13)12-8-7-11(17-12)10-6-5-9-16-10/h7-8,10H,5-6,9H2,1-4H3. The minimum Gasteiger partial charge on any atom is -0.467 e. The minimum absolute atomic E-state index is 0.0937. The van der Waals surface area contributed by atoms with Gasteiger partial charge in [-0.05, 0) is 52.7 Å². The molecule has 3 heterocycles. The third kappa shape index (κ3) is 2.24. The van der Waals surface area contributed by atoms with Gasteiger partial charge in [0.2, 0.25) is 0 Å². The summed E-state index contributed by atoms with van der Waals surface area (Å²) < 4.78 is 23.4. The Balaban J connectivity index is 1.77. The SMILES string of the molecule is CC1(C)OB(c2ccc(C3CCCO3)o2)OC1(C)C. The fourth-order valence-corrected chi connectivity index (χ4v) is 2.43. The fraction of sp³-hybridized carbons (Fsp3) is 0.714. The molecule has 104 valence electrons. The van der Waals surface area contributed by atoms with E-state index in [1.807, 2.05) is 39.8 Å². The van der Waals surface area contributed by atoms with Gasteiger partial charge in [0, 0.05) is 6.61 Å². The van der Waals surface area contributed by atoms with Crippen molar-refractivity contribution in [2.45, 2.75) is 57.8 Å². The monoisotopic (exact) mass is 264 g/mol. The maximum absolute atomic E-state index is 5.97. The summed E-state index contributed by atoms with van der Waals surface area (Å²) >= 11 is 0. The lowest BCUT2D eigenvalue weighted by molar-refractivity contribution is 0.00578. The van der Waals surface area contributed by atoms with E-state index in [9.17, 15) is 0 Å². The Hall–Kier alpha value is -0.775. The fourth-order valence-electron chi connectivity index (χ4n) is 2.43. The van der Waals surface area contributed by atoms with Gasteiger partial charge in [0.15, 0.2) is 0 Å². The molecule has 5 heteroatoms. The van der Waals surface area contributed by atoms with Gasteiger partial charge in [-0.15, -0.1) is 0 Å². The van der Waals surface area contributed by atoms with Crippen molar-refractivity contribution in [3.05, 3.63) is 17.9 Å². The molecule has 1 aromatic rings. The number of furan rings is 1. The molecular weight excluding hydrogens is 243 g/mol. The second-order valence-corrected chi connectivity index (χ2v) is 6.33. The smallest absolute Gasteiger partial charge is 0.467 e. The molecule has 0 radical (unpaired) electrons. The van der Waals surface area contributed by atoms with Gasteiger partial charge in [-0.25, -0.2) is 0 Å². The van der Waals surface area contributed by atoms with Crippen LogP contribution in [0.25, 0.3) is 0 Å². The molecule has 0 aromatic carbocycles. The van der Waals surface area contributed by atoms with Crippen LogP contribution in [0.5, 0.6) is 0 Å². The lowest BCUT2D eigenvalue weighted by Crippen LogP contribution is -2.41. The third-order valence-electron chi connectivity index (χ3n) is 4.38. The second kappa shape index (κ2) is 4.37. The topological polar surface area (TPSA) is 40.8 Å². The Morgan fingerprint density at radius 1 is 1.11 bits per heavy atom. The molecule has 0 N–H and O–H groups in total. The van der Waals surface area contributed by atoms with E-state index in [-0.39, 0.29) is 17.3 Å². The van der Waals surface area contributed by atoms with E-state index in [0.29, 0.717) is 0 Å². The molecule has 1 aromatic heterocycles. The molecule has 2 saturated heterocycles. The van der Waals surface area contributed by atoms with Crippen LogP contribution in [-0.4, -0.2) is 24.9 Å². The van der Waals surface area contributed by atoms with Crippen molar-refractivity contribution < 1.29 is 18.5 Å². The molecule has 4 nitrogen and oxygen atoms in total. The van der Waals surface area contributed by atoms with Gasteiger partial charge in [0.1, 0.15) is 17.5 Å². The molecule has 0 saturated carbocycles. The van der Waals surface area contributed by atoms with Gasteiger partial charge < -0.3 is 18.5 Å². The van der Waals surface area contributed by atoms with Crippen LogP contribution < -0.4 is 5.66 Å². The largest absolute Gasteiger partial charge is 0.532 e. The molecular formula is C14H21BO4. The van der Waals surface area contributed by atoms with Crippen molar-refractivity contribution >= 4 is 12.8 Å². The van der Waals surface area contributed by atoms with E-state index in [1.54, 1.807) is 0 Å². The van der Waals surface area contributed by atoms with Gasteiger partial charge in [-0.2, -0.15) is 0 Å². The number of hydrogen-bond donors (Lipinski definition) is 0. The molecule has 2 fully saturated rings. The summed E-state index contributed by atoms with van der Waals surface area (Å²) in [5.74, 6) is 0.877. The number of hydrogen-bond acceptors (Lipinski definition) is 4. The van der Waals surface area contributed by atoms with Crippen LogP contribution in [0.1, 0.15) is 52.4 Å². The molecule has 0 aliphatic carbocycles. The van der Waals surface area contributed by atoms with Crippen molar-refractivity contribution in [2.24, 2.45) is 0 Å².